The van der Waals surface area contributed by atoms with Gasteiger partial charge in [0, 0.05) is 11.9 Å². The van der Waals surface area contributed by atoms with Gasteiger partial charge in [-0.25, -0.2) is 0 Å². The molecule has 1 heteroatoms. The van der Waals surface area contributed by atoms with Crippen LogP contribution in [0.3, 0.4) is 0 Å². The third-order valence-corrected chi connectivity index (χ3v) is 1.55. The number of aromatic nitrogens is 1. The van der Waals surface area contributed by atoms with Gasteiger partial charge in [-0.2, -0.15) is 0 Å². The fourth-order valence-electron chi connectivity index (χ4n) is 1.07. The minimum absolute atomic E-state index is 1.07. The molecule has 1 aromatic heterocycles. The minimum Gasteiger partial charge on any atom is -0.361 e. The van der Waals surface area contributed by atoms with Gasteiger partial charge in [0.2, 0.25) is 0 Å². The number of aromatic amines is 1. The Morgan fingerprint density at radius 2 is 1.80 bits per heavy atom. The Morgan fingerprint density at radius 1 is 1.27 bits per heavy atom. The van der Waals surface area contributed by atoms with Crippen LogP contribution in [-0.2, 0) is 0 Å². The zero-order valence-corrected chi connectivity index (χ0v) is 11.0. The van der Waals surface area contributed by atoms with E-state index in [1.165, 1.54) is 5.56 Å². The zero-order chi connectivity index (χ0) is 12.3. The van der Waals surface area contributed by atoms with E-state index in [2.05, 4.69) is 17.6 Å². The van der Waals surface area contributed by atoms with Gasteiger partial charge < -0.3 is 4.98 Å². The third-order valence-electron chi connectivity index (χ3n) is 1.55. The summed E-state index contributed by atoms with van der Waals surface area (Å²) in [5.41, 5.74) is 3.41. The highest BCUT2D eigenvalue weighted by molar-refractivity contribution is 5.69. The average Bonchev–Trinajstić information content (AvgIpc) is 2.73. The normalized spacial score (nSPS) is 8.67. The van der Waals surface area contributed by atoms with Crippen LogP contribution in [-0.4, -0.2) is 4.98 Å². The number of hydrogen-bond donors (Lipinski definition) is 1. The highest BCUT2D eigenvalue weighted by Gasteiger charge is 1.98. The molecule has 1 nitrogen and oxygen atoms in total. The van der Waals surface area contributed by atoms with E-state index in [4.69, 9.17) is 0 Å². The Kier molecular flexibility index (Phi) is 11.7. The fraction of sp³-hybridized carbons (Fsp3) is 0.429. The zero-order valence-electron chi connectivity index (χ0n) is 11.0. The topological polar surface area (TPSA) is 15.8 Å². The van der Waals surface area contributed by atoms with Gasteiger partial charge in [-0.15, -0.1) is 0 Å². The van der Waals surface area contributed by atoms with Gasteiger partial charge in [-0.3, -0.25) is 0 Å². The maximum absolute atomic E-state index is 3.88. The Balaban J connectivity index is 0. The van der Waals surface area contributed by atoms with E-state index >= 15 is 0 Å². The van der Waals surface area contributed by atoms with Gasteiger partial charge in [-0.05, 0) is 31.1 Å². The number of H-pyrrole nitrogens is 1. The Morgan fingerprint density at radius 3 is 2.20 bits per heavy atom. The van der Waals surface area contributed by atoms with Gasteiger partial charge >= 0.3 is 0 Å². The molecule has 0 aliphatic rings. The summed E-state index contributed by atoms with van der Waals surface area (Å²) in [6.07, 6.45) is 6.02. The average molecular weight is 207 g/mol. The van der Waals surface area contributed by atoms with Crippen LogP contribution in [0.5, 0.6) is 0 Å². The second-order valence-corrected chi connectivity index (χ2v) is 2.59. The molecular weight excluding hydrogens is 182 g/mol. The number of rotatable bonds is 2. The largest absolute Gasteiger partial charge is 0.361 e. The van der Waals surface area contributed by atoms with Crippen LogP contribution in [0, 0.1) is 0 Å². The molecule has 1 heterocycles. The first-order chi connectivity index (χ1) is 7.25. The van der Waals surface area contributed by atoms with Crippen molar-refractivity contribution in [3.63, 3.8) is 0 Å². The molecule has 86 valence electrons. The van der Waals surface area contributed by atoms with E-state index in [0.717, 1.165) is 11.3 Å². The van der Waals surface area contributed by atoms with Crippen molar-refractivity contribution in [2.75, 3.05) is 0 Å². The smallest absolute Gasteiger partial charge is 0.0477 e. The number of allylic oxidation sites excluding steroid dienone is 2. The summed E-state index contributed by atoms with van der Waals surface area (Å²) >= 11 is 0. The summed E-state index contributed by atoms with van der Waals surface area (Å²) in [6.45, 7) is 15.9. The van der Waals surface area contributed by atoms with Gasteiger partial charge in [0.1, 0.15) is 0 Å². The number of nitrogens with one attached hydrogen (secondary N) is 1. The van der Waals surface area contributed by atoms with Crippen LogP contribution < -0.4 is 0 Å². The Bertz CT molecular complexity index is 279. The summed E-state index contributed by atoms with van der Waals surface area (Å²) in [5, 5.41) is 0. The lowest BCUT2D eigenvalue weighted by Gasteiger charge is -1.96. The maximum atomic E-state index is 3.88. The highest BCUT2D eigenvalue weighted by atomic mass is 14.7. The molecule has 0 bridgehead atoms. The van der Waals surface area contributed by atoms with E-state index < -0.39 is 0 Å². The van der Waals surface area contributed by atoms with Crippen molar-refractivity contribution in [3.05, 3.63) is 36.2 Å². The molecule has 0 atom stereocenters. The first-order valence-corrected chi connectivity index (χ1v) is 5.71. The molecule has 0 aliphatic heterocycles. The summed E-state index contributed by atoms with van der Waals surface area (Å²) in [5.74, 6) is 0. The quantitative estimate of drug-likeness (QED) is 0.691. The predicted octanol–water partition coefficient (Wildman–Crippen LogP) is 5.13. The van der Waals surface area contributed by atoms with Crippen LogP contribution in [0.1, 0.15) is 52.8 Å². The molecule has 1 rings (SSSR count). The molecule has 0 unspecified atom stereocenters. The van der Waals surface area contributed by atoms with E-state index in [0.29, 0.717) is 0 Å². The molecular formula is C14H25N. The van der Waals surface area contributed by atoms with E-state index in [1.807, 2.05) is 59.9 Å². The monoisotopic (exact) mass is 207 g/mol. The SMILES string of the molecule is C=C(C)c1[nH]ccc1/C=C\C.CC.CC. The molecule has 0 spiro atoms. The fourth-order valence-corrected chi connectivity index (χ4v) is 1.07. The highest BCUT2D eigenvalue weighted by Crippen LogP contribution is 2.16. The van der Waals surface area contributed by atoms with Crippen LogP contribution in [0.4, 0.5) is 0 Å². The first kappa shape index (κ1) is 16.2. The molecule has 0 fully saturated rings. The standard InChI is InChI=1S/C10H13N.2C2H6/c1-4-5-9-6-7-11-10(9)8(2)3;2*1-2/h4-7,11H,2H2,1,3H3;2*1-2H3/b5-4-;;. The third kappa shape index (κ3) is 5.95. The minimum atomic E-state index is 1.07. The molecule has 1 aromatic rings. The summed E-state index contributed by atoms with van der Waals surface area (Å²) in [4.78, 5) is 3.14. The molecule has 0 saturated heterocycles. The molecule has 0 saturated carbocycles. The van der Waals surface area contributed by atoms with Crippen molar-refractivity contribution in [2.45, 2.75) is 41.5 Å². The van der Waals surface area contributed by atoms with Crippen LogP contribution in [0.25, 0.3) is 11.6 Å². The van der Waals surface area contributed by atoms with E-state index in [1.54, 1.807) is 0 Å². The predicted molar refractivity (Wildman–Crippen MR) is 72.9 cm³/mol. The lowest BCUT2D eigenvalue weighted by atomic mass is 10.1. The second kappa shape index (κ2) is 10.8. The molecule has 0 aliphatic carbocycles. The van der Waals surface area contributed by atoms with Gasteiger partial charge in [0.05, 0.1) is 0 Å². The molecule has 0 amide bonds. The summed E-state index contributed by atoms with van der Waals surface area (Å²) in [7, 11) is 0. The first-order valence-electron chi connectivity index (χ1n) is 5.71. The van der Waals surface area contributed by atoms with Crippen molar-refractivity contribution < 1.29 is 0 Å². The van der Waals surface area contributed by atoms with Gasteiger partial charge in [0.15, 0.2) is 0 Å². The van der Waals surface area contributed by atoms with Gasteiger partial charge in [-0.1, -0.05) is 46.4 Å². The van der Waals surface area contributed by atoms with Crippen molar-refractivity contribution in [1.29, 1.82) is 0 Å². The Hall–Kier alpha value is -1.24. The van der Waals surface area contributed by atoms with Crippen molar-refractivity contribution in [3.8, 4) is 0 Å². The van der Waals surface area contributed by atoms with Gasteiger partial charge in [0.25, 0.3) is 0 Å². The second-order valence-electron chi connectivity index (χ2n) is 2.59. The lowest BCUT2D eigenvalue weighted by Crippen LogP contribution is -1.79. The molecule has 1 N–H and O–H groups in total. The van der Waals surface area contributed by atoms with Crippen molar-refractivity contribution in [1.82, 2.24) is 4.98 Å². The molecule has 15 heavy (non-hydrogen) atoms. The van der Waals surface area contributed by atoms with Crippen molar-refractivity contribution >= 4 is 11.6 Å². The molecule has 0 radical (unpaired) electrons. The summed E-state index contributed by atoms with van der Waals surface area (Å²) < 4.78 is 0. The number of hydrogen-bond acceptors (Lipinski definition) is 0. The Labute approximate surface area is 94.9 Å². The maximum Gasteiger partial charge on any atom is 0.0477 e. The van der Waals surface area contributed by atoms with Crippen molar-refractivity contribution in [2.24, 2.45) is 0 Å². The van der Waals surface area contributed by atoms with E-state index in [9.17, 15) is 0 Å². The summed E-state index contributed by atoms with van der Waals surface area (Å²) in [6, 6.07) is 2.05. The van der Waals surface area contributed by atoms with E-state index in [-0.39, 0.29) is 0 Å². The lowest BCUT2D eigenvalue weighted by molar-refractivity contribution is 1.34. The van der Waals surface area contributed by atoms with Crippen LogP contribution in [0.15, 0.2) is 24.9 Å². The van der Waals surface area contributed by atoms with Crippen LogP contribution in [0.2, 0.25) is 0 Å². The molecule has 0 aromatic carbocycles. The van der Waals surface area contributed by atoms with Crippen LogP contribution >= 0.6 is 0 Å².